The molecule has 1 amide bonds. The molecule has 3 heterocycles. The predicted molar refractivity (Wildman–Crippen MR) is 115 cm³/mol. The van der Waals surface area contributed by atoms with Gasteiger partial charge in [-0.3, -0.25) is 14.9 Å². The molecule has 1 unspecified atom stereocenters. The summed E-state index contributed by atoms with van der Waals surface area (Å²) < 4.78 is 3.43. The number of amides is 1. The molecule has 0 saturated carbocycles. The predicted octanol–water partition coefficient (Wildman–Crippen LogP) is 2.14. The summed E-state index contributed by atoms with van der Waals surface area (Å²) >= 11 is 0. The molecular weight excluding hydrogens is 433 g/mol. The lowest BCUT2D eigenvalue weighted by Gasteiger charge is -2.35. The van der Waals surface area contributed by atoms with E-state index in [1.807, 2.05) is 17.8 Å². The Morgan fingerprint density at radius 2 is 2.07 bits per heavy atom. The normalized spacial score (nSPS) is 15.8. The van der Waals surface area contributed by atoms with Gasteiger partial charge in [0, 0.05) is 63.1 Å². The molecule has 12 heteroatoms. The van der Waals surface area contributed by atoms with Crippen molar-refractivity contribution in [2.75, 3.05) is 19.6 Å². The summed E-state index contributed by atoms with van der Waals surface area (Å²) in [6.07, 6.45) is 8.17. The topological polar surface area (TPSA) is 111 Å². The molecule has 0 bridgehead atoms. The van der Waals surface area contributed by atoms with Gasteiger partial charge in [0.15, 0.2) is 0 Å². The molecule has 1 aromatic carbocycles. The number of aromatic nitrogens is 4. The molecule has 1 atom stereocenters. The molecule has 1 aliphatic heterocycles. The van der Waals surface area contributed by atoms with E-state index in [0.29, 0.717) is 25.3 Å². The molecule has 1 aliphatic rings. The first-order chi connectivity index (χ1) is 13.6. The lowest BCUT2D eigenvalue weighted by molar-refractivity contribution is -0.384. The standard InChI is InChI=1S/C18H19N7O3.2ClH/c1-22-7-6-21-17(22)16-11-19-5-9-24(16)18(26)13-2-3-14(15(10-13)25(27)28)23-8-4-20-12-23;;/h2-4,6-8,10,12,16,19H,5,9,11H2,1H3;2*1H. The van der Waals surface area contributed by atoms with Crippen LogP contribution in [-0.2, 0) is 7.05 Å². The molecule has 1 fully saturated rings. The van der Waals surface area contributed by atoms with Crippen LogP contribution in [0, 0.1) is 10.1 Å². The molecule has 10 nitrogen and oxygen atoms in total. The van der Waals surface area contributed by atoms with E-state index in [1.165, 1.54) is 12.4 Å². The fourth-order valence-electron chi connectivity index (χ4n) is 3.46. The Kier molecular flexibility index (Phi) is 7.54. The van der Waals surface area contributed by atoms with Crippen molar-refractivity contribution < 1.29 is 9.72 Å². The monoisotopic (exact) mass is 453 g/mol. The van der Waals surface area contributed by atoms with Crippen LogP contribution in [0.2, 0.25) is 0 Å². The van der Waals surface area contributed by atoms with E-state index in [1.54, 1.807) is 40.2 Å². The zero-order chi connectivity index (χ0) is 19.7. The summed E-state index contributed by atoms with van der Waals surface area (Å²) in [6, 6.07) is 4.27. The fraction of sp³-hybridized carbons (Fsp3) is 0.278. The highest BCUT2D eigenvalue weighted by Gasteiger charge is 2.32. The summed E-state index contributed by atoms with van der Waals surface area (Å²) in [5.74, 6) is 0.514. The van der Waals surface area contributed by atoms with Gasteiger partial charge in [-0.15, -0.1) is 24.8 Å². The molecule has 1 N–H and O–H groups in total. The van der Waals surface area contributed by atoms with E-state index >= 15 is 0 Å². The second-order valence-corrected chi connectivity index (χ2v) is 6.55. The molecule has 0 radical (unpaired) electrons. The van der Waals surface area contributed by atoms with Gasteiger partial charge in [-0.2, -0.15) is 0 Å². The SMILES string of the molecule is Cl.Cl.Cn1ccnc1C1CNCCN1C(=O)c1ccc(-n2ccnc2)c([N+](=O)[O-])c1. The minimum atomic E-state index is -0.486. The molecule has 4 rings (SSSR count). The number of rotatable bonds is 4. The Balaban J connectivity index is 0.00000160. The van der Waals surface area contributed by atoms with E-state index in [9.17, 15) is 14.9 Å². The van der Waals surface area contributed by atoms with Crippen LogP contribution in [-0.4, -0.2) is 54.5 Å². The number of hydrogen-bond donors (Lipinski definition) is 1. The number of nitro groups is 1. The average Bonchev–Trinajstić information content (AvgIpc) is 3.38. The second-order valence-electron chi connectivity index (χ2n) is 6.55. The lowest BCUT2D eigenvalue weighted by atomic mass is 10.1. The van der Waals surface area contributed by atoms with Crippen molar-refractivity contribution in [2.45, 2.75) is 6.04 Å². The number of nitrogens with zero attached hydrogens (tertiary/aromatic N) is 6. The van der Waals surface area contributed by atoms with Gasteiger partial charge in [-0.05, 0) is 12.1 Å². The van der Waals surface area contributed by atoms with Gasteiger partial charge >= 0.3 is 0 Å². The van der Waals surface area contributed by atoms with Crippen LogP contribution in [0.25, 0.3) is 5.69 Å². The number of carbonyl (C=O) groups excluding carboxylic acids is 1. The number of piperazine rings is 1. The number of halogens is 2. The molecule has 3 aromatic rings. The third-order valence-electron chi connectivity index (χ3n) is 4.86. The van der Waals surface area contributed by atoms with Gasteiger partial charge in [-0.25, -0.2) is 9.97 Å². The lowest BCUT2D eigenvalue weighted by Crippen LogP contribution is -2.49. The first-order valence-electron chi connectivity index (χ1n) is 8.82. The van der Waals surface area contributed by atoms with E-state index in [0.717, 1.165) is 5.82 Å². The Morgan fingerprint density at radius 1 is 1.27 bits per heavy atom. The number of nitro benzene ring substituents is 1. The summed E-state index contributed by atoms with van der Waals surface area (Å²) in [5.41, 5.74) is 0.490. The van der Waals surface area contributed by atoms with Gasteiger partial charge in [0.2, 0.25) is 0 Å². The van der Waals surface area contributed by atoms with Crippen LogP contribution in [0.1, 0.15) is 22.2 Å². The van der Waals surface area contributed by atoms with Gasteiger partial charge in [0.05, 0.1) is 11.3 Å². The average molecular weight is 454 g/mol. The Bertz CT molecular complexity index is 1020. The van der Waals surface area contributed by atoms with Crippen molar-refractivity contribution in [1.82, 2.24) is 29.3 Å². The highest BCUT2D eigenvalue weighted by atomic mass is 35.5. The Morgan fingerprint density at radius 3 is 2.70 bits per heavy atom. The number of imidazole rings is 2. The Labute approximate surface area is 184 Å². The quantitative estimate of drug-likeness (QED) is 0.478. The smallest absolute Gasteiger partial charge is 0.294 e. The number of aryl methyl sites for hydroxylation is 1. The first-order valence-corrected chi connectivity index (χ1v) is 8.82. The molecule has 1 saturated heterocycles. The van der Waals surface area contributed by atoms with E-state index in [2.05, 4.69) is 15.3 Å². The van der Waals surface area contributed by atoms with Crippen LogP contribution < -0.4 is 5.32 Å². The van der Waals surface area contributed by atoms with Crippen molar-refractivity contribution >= 4 is 36.4 Å². The highest BCUT2D eigenvalue weighted by Crippen LogP contribution is 2.27. The van der Waals surface area contributed by atoms with E-state index < -0.39 is 4.92 Å². The maximum atomic E-state index is 13.2. The van der Waals surface area contributed by atoms with Crippen molar-refractivity contribution in [2.24, 2.45) is 7.05 Å². The summed E-state index contributed by atoms with van der Waals surface area (Å²) in [6.45, 7) is 1.72. The Hall–Kier alpha value is -2.95. The van der Waals surface area contributed by atoms with Crippen LogP contribution in [0.3, 0.4) is 0 Å². The highest BCUT2D eigenvalue weighted by molar-refractivity contribution is 5.95. The largest absolute Gasteiger partial charge is 0.336 e. The van der Waals surface area contributed by atoms with Crippen LogP contribution in [0.4, 0.5) is 5.69 Å². The van der Waals surface area contributed by atoms with Gasteiger partial charge in [0.1, 0.15) is 17.6 Å². The third kappa shape index (κ3) is 4.30. The van der Waals surface area contributed by atoms with Gasteiger partial charge in [0.25, 0.3) is 11.6 Å². The van der Waals surface area contributed by atoms with E-state index in [4.69, 9.17) is 0 Å². The van der Waals surface area contributed by atoms with E-state index in [-0.39, 0.29) is 48.0 Å². The summed E-state index contributed by atoms with van der Waals surface area (Å²) in [7, 11) is 1.88. The van der Waals surface area contributed by atoms with Crippen LogP contribution >= 0.6 is 24.8 Å². The minimum absolute atomic E-state index is 0. The van der Waals surface area contributed by atoms with Crippen molar-refractivity contribution in [1.29, 1.82) is 0 Å². The maximum Gasteiger partial charge on any atom is 0.294 e. The fourth-order valence-corrected chi connectivity index (χ4v) is 3.46. The van der Waals surface area contributed by atoms with Crippen molar-refractivity contribution in [3.05, 3.63) is 70.8 Å². The molecule has 30 heavy (non-hydrogen) atoms. The summed E-state index contributed by atoms with van der Waals surface area (Å²) in [4.78, 5) is 34.3. The molecule has 2 aromatic heterocycles. The van der Waals surface area contributed by atoms with Gasteiger partial charge in [-0.1, -0.05) is 0 Å². The molecule has 0 spiro atoms. The molecule has 0 aliphatic carbocycles. The van der Waals surface area contributed by atoms with Crippen molar-refractivity contribution in [3.8, 4) is 5.69 Å². The number of nitrogens with one attached hydrogen (secondary N) is 1. The maximum absolute atomic E-state index is 13.2. The number of carbonyl (C=O) groups is 1. The zero-order valence-corrected chi connectivity index (χ0v) is 17.7. The van der Waals surface area contributed by atoms with Gasteiger partial charge < -0.3 is 19.4 Å². The molecule has 160 valence electrons. The number of hydrogen-bond acceptors (Lipinski definition) is 6. The molecular formula is C18H21Cl2N7O3. The minimum Gasteiger partial charge on any atom is -0.336 e. The van der Waals surface area contributed by atoms with Crippen molar-refractivity contribution in [3.63, 3.8) is 0 Å². The third-order valence-corrected chi connectivity index (χ3v) is 4.86. The first kappa shape index (κ1) is 23.3. The second kappa shape index (κ2) is 9.70. The summed E-state index contributed by atoms with van der Waals surface area (Å²) in [5, 5.41) is 14.9. The zero-order valence-electron chi connectivity index (χ0n) is 16.0. The van der Waals surface area contributed by atoms with Crippen LogP contribution in [0.5, 0.6) is 0 Å². The number of benzene rings is 1. The van der Waals surface area contributed by atoms with Crippen LogP contribution in [0.15, 0.2) is 49.3 Å².